The number of rotatable bonds is 3. The highest BCUT2D eigenvalue weighted by Crippen LogP contribution is 2.22. The van der Waals surface area contributed by atoms with E-state index in [0.29, 0.717) is 5.56 Å². The Bertz CT molecular complexity index is 796. The SMILES string of the molecule is Cn1cnnc1-c1cccc(NC(=O)c2csc(I)c2)c1. The largest absolute Gasteiger partial charge is 0.322 e. The van der Waals surface area contributed by atoms with Crippen molar-refractivity contribution in [3.63, 3.8) is 0 Å². The topological polar surface area (TPSA) is 59.8 Å². The van der Waals surface area contributed by atoms with Gasteiger partial charge in [-0.2, -0.15) is 0 Å². The number of aromatic nitrogens is 3. The van der Waals surface area contributed by atoms with E-state index >= 15 is 0 Å². The smallest absolute Gasteiger partial charge is 0.256 e. The lowest BCUT2D eigenvalue weighted by Gasteiger charge is -2.06. The molecule has 0 aliphatic heterocycles. The lowest BCUT2D eigenvalue weighted by Crippen LogP contribution is -2.10. The van der Waals surface area contributed by atoms with Gasteiger partial charge in [0.15, 0.2) is 5.82 Å². The molecule has 0 radical (unpaired) electrons. The van der Waals surface area contributed by atoms with Crippen LogP contribution in [0.4, 0.5) is 5.69 Å². The average Bonchev–Trinajstić information content (AvgIpc) is 3.08. The van der Waals surface area contributed by atoms with Crippen LogP contribution in [-0.2, 0) is 7.05 Å². The van der Waals surface area contributed by atoms with E-state index in [2.05, 4.69) is 38.1 Å². The number of hydrogen-bond donors (Lipinski definition) is 1. The van der Waals surface area contributed by atoms with E-state index in [1.54, 1.807) is 17.7 Å². The first kappa shape index (κ1) is 14.2. The number of halogens is 1. The number of amides is 1. The molecule has 0 bridgehead atoms. The quantitative estimate of drug-likeness (QED) is 0.674. The molecular weight excluding hydrogens is 399 g/mol. The summed E-state index contributed by atoms with van der Waals surface area (Å²) in [5.41, 5.74) is 2.32. The third kappa shape index (κ3) is 3.13. The maximum Gasteiger partial charge on any atom is 0.256 e. The van der Waals surface area contributed by atoms with E-state index in [0.717, 1.165) is 20.0 Å². The van der Waals surface area contributed by atoms with Crippen LogP contribution < -0.4 is 5.32 Å². The minimum Gasteiger partial charge on any atom is -0.322 e. The van der Waals surface area contributed by atoms with E-state index in [-0.39, 0.29) is 5.91 Å². The van der Waals surface area contributed by atoms with Crippen molar-refractivity contribution in [1.29, 1.82) is 0 Å². The van der Waals surface area contributed by atoms with Crippen LogP contribution in [0.15, 0.2) is 42.0 Å². The number of hydrogen-bond acceptors (Lipinski definition) is 4. The summed E-state index contributed by atoms with van der Waals surface area (Å²) in [7, 11) is 1.88. The Labute approximate surface area is 139 Å². The van der Waals surface area contributed by atoms with Gasteiger partial charge in [0.2, 0.25) is 0 Å². The molecule has 0 fully saturated rings. The van der Waals surface area contributed by atoms with Crippen molar-refractivity contribution in [2.45, 2.75) is 0 Å². The molecule has 2 heterocycles. The second-order valence-corrected chi connectivity index (χ2v) is 7.25. The average molecular weight is 410 g/mol. The number of aryl methyl sites for hydroxylation is 1. The van der Waals surface area contributed by atoms with Crippen LogP contribution >= 0.6 is 33.9 Å². The Morgan fingerprint density at radius 1 is 1.38 bits per heavy atom. The molecule has 0 unspecified atom stereocenters. The van der Waals surface area contributed by atoms with Crippen molar-refractivity contribution in [3.05, 3.63) is 50.5 Å². The number of anilines is 1. The monoisotopic (exact) mass is 410 g/mol. The molecule has 2 aromatic heterocycles. The Morgan fingerprint density at radius 3 is 2.90 bits per heavy atom. The van der Waals surface area contributed by atoms with E-state index in [1.165, 1.54) is 0 Å². The molecule has 3 rings (SSSR count). The predicted molar refractivity (Wildman–Crippen MR) is 91.4 cm³/mol. The molecule has 106 valence electrons. The van der Waals surface area contributed by atoms with Crippen LogP contribution in [-0.4, -0.2) is 20.7 Å². The fourth-order valence-corrected chi connectivity index (χ4v) is 3.24. The molecule has 1 N–H and O–H groups in total. The summed E-state index contributed by atoms with van der Waals surface area (Å²) in [6.45, 7) is 0. The minimum atomic E-state index is -0.107. The van der Waals surface area contributed by atoms with Gasteiger partial charge in [-0.1, -0.05) is 12.1 Å². The second kappa shape index (κ2) is 5.94. The minimum absolute atomic E-state index is 0.107. The molecule has 21 heavy (non-hydrogen) atoms. The van der Waals surface area contributed by atoms with E-state index in [9.17, 15) is 4.79 Å². The second-order valence-electron chi connectivity index (χ2n) is 4.44. The van der Waals surface area contributed by atoms with Gasteiger partial charge in [-0.15, -0.1) is 21.5 Å². The summed E-state index contributed by atoms with van der Waals surface area (Å²) in [6.07, 6.45) is 1.65. The fraction of sp³-hybridized carbons (Fsp3) is 0.0714. The summed E-state index contributed by atoms with van der Waals surface area (Å²) in [6, 6.07) is 9.44. The number of nitrogens with one attached hydrogen (secondary N) is 1. The van der Waals surface area contributed by atoms with Gasteiger partial charge in [0, 0.05) is 23.7 Å². The van der Waals surface area contributed by atoms with Gasteiger partial charge < -0.3 is 9.88 Å². The number of benzene rings is 1. The molecule has 0 saturated carbocycles. The summed E-state index contributed by atoms with van der Waals surface area (Å²) < 4.78 is 2.92. The molecule has 1 amide bonds. The van der Waals surface area contributed by atoms with Crippen molar-refractivity contribution in [1.82, 2.24) is 14.8 Å². The molecule has 0 saturated heterocycles. The molecule has 0 aliphatic carbocycles. The highest BCUT2D eigenvalue weighted by molar-refractivity contribution is 14.1. The third-order valence-corrected chi connectivity index (χ3v) is 4.71. The standard InChI is InChI=1S/C14H11IN4OS/c1-19-8-16-18-13(19)9-3-2-4-11(5-9)17-14(20)10-6-12(15)21-7-10/h2-8H,1H3,(H,17,20). The molecular formula is C14H11IN4OS. The molecule has 7 heteroatoms. The van der Waals surface area contributed by atoms with Gasteiger partial charge in [0.05, 0.1) is 8.45 Å². The number of carbonyl (C=O) groups is 1. The molecule has 0 spiro atoms. The Hall–Kier alpha value is -1.74. The molecule has 3 aromatic rings. The van der Waals surface area contributed by atoms with Crippen molar-refractivity contribution < 1.29 is 4.79 Å². The van der Waals surface area contributed by atoms with Crippen LogP contribution in [0.25, 0.3) is 11.4 Å². The zero-order valence-corrected chi connectivity index (χ0v) is 14.1. The Kier molecular flexibility index (Phi) is 4.02. The first-order valence-corrected chi connectivity index (χ1v) is 8.09. The van der Waals surface area contributed by atoms with Crippen molar-refractivity contribution >= 4 is 45.5 Å². The maximum atomic E-state index is 12.2. The van der Waals surface area contributed by atoms with Crippen molar-refractivity contribution in [2.24, 2.45) is 7.05 Å². The van der Waals surface area contributed by atoms with Gasteiger partial charge >= 0.3 is 0 Å². The van der Waals surface area contributed by atoms with Gasteiger partial charge in [0.1, 0.15) is 6.33 Å². The van der Waals surface area contributed by atoms with Crippen LogP contribution in [0.1, 0.15) is 10.4 Å². The molecule has 1 aromatic carbocycles. The van der Waals surface area contributed by atoms with E-state index < -0.39 is 0 Å². The van der Waals surface area contributed by atoms with Crippen LogP contribution in [0.3, 0.4) is 0 Å². The zero-order valence-electron chi connectivity index (χ0n) is 11.1. The maximum absolute atomic E-state index is 12.2. The fourth-order valence-electron chi connectivity index (χ4n) is 1.91. The van der Waals surface area contributed by atoms with Crippen molar-refractivity contribution in [3.8, 4) is 11.4 Å². The van der Waals surface area contributed by atoms with Gasteiger partial charge in [-0.3, -0.25) is 4.79 Å². The summed E-state index contributed by atoms with van der Waals surface area (Å²) in [5.74, 6) is 0.653. The highest BCUT2D eigenvalue weighted by Gasteiger charge is 2.10. The van der Waals surface area contributed by atoms with Crippen LogP contribution in [0.2, 0.25) is 0 Å². The normalized spacial score (nSPS) is 10.6. The molecule has 0 atom stereocenters. The Morgan fingerprint density at radius 2 is 2.24 bits per heavy atom. The van der Waals surface area contributed by atoms with E-state index in [1.807, 2.05) is 47.3 Å². The Balaban J connectivity index is 1.84. The van der Waals surface area contributed by atoms with Gasteiger partial charge in [-0.05, 0) is 40.8 Å². The van der Waals surface area contributed by atoms with Crippen LogP contribution in [0, 0.1) is 2.88 Å². The number of carbonyl (C=O) groups excluding carboxylic acids is 1. The van der Waals surface area contributed by atoms with E-state index in [4.69, 9.17) is 0 Å². The van der Waals surface area contributed by atoms with Gasteiger partial charge in [-0.25, -0.2) is 0 Å². The molecule has 5 nitrogen and oxygen atoms in total. The van der Waals surface area contributed by atoms with Crippen molar-refractivity contribution in [2.75, 3.05) is 5.32 Å². The lowest BCUT2D eigenvalue weighted by atomic mass is 10.2. The number of nitrogens with zero attached hydrogens (tertiary/aromatic N) is 3. The first-order chi connectivity index (χ1) is 10.1. The van der Waals surface area contributed by atoms with Crippen LogP contribution in [0.5, 0.6) is 0 Å². The van der Waals surface area contributed by atoms with Gasteiger partial charge in [0.25, 0.3) is 5.91 Å². The summed E-state index contributed by atoms with van der Waals surface area (Å²) >= 11 is 3.75. The first-order valence-electron chi connectivity index (χ1n) is 6.13. The summed E-state index contributed by atoms with van der Waals surface area (Å²) in [5, 5.41) is 12.7. The summed E-state index contributed by atoms with van der Waals surface area (Å²) in [4.78, 5) is 12.2. The highest BCUT2D eigenvalue weighted by atomic mass is 127. The third-order valence-electron chi connectivity index (χ3n) is 2.92. The zero-order chi connectivity index (χ0) is 14.8. The number of thiophene rings is 1. The predicted octanol–water partition coefficient (Wildman–Crippen LogP) is 3.40. The lowest BCUT2D eigenvalue weighted by molar-refractivity contribution is 0.102. The molecule has 0 aliphatic rings.